The highest BCUT2D eigenvalue weighted by atomic mass is 32.2. The first kappa shape index (κ1) is 25.6. The second kappa shape index (κ2) is 9.88. The number of halogens is 3. The third-order valence-electron chi connectivity index (χ3n) is 6.64. The Labute approximate surface area is 205 Å². The standard InChI is InChI=1S/C23H26F3N3O4S2/c1-2-35(32,33)17-8-7-16(27-11-17)10-28-21(30)19-9-18-20(34-19)13-29(22(18)31)12-14-3-5-15(6-4-14)23(24,25)26/h7-9,11,14-15H,2-6,10,12-13H2,1H3,(H,28,30)/t14-,15+. The highest BCUT2D eigenvalue weighted by Crippen LogP contribution is 2.40. The maximum absolute atomic E-state index is 12.9. The predicted octanol–water partition coefficient (Wildman–Crippen LogP) is 4.19. The Balaban J connectivity index is 1.29. The summed E-state index contributed by atoms with van der Waals surface area (Å²) in [6, 6.07) is 4.55. The van der Waals surface area contributed by atoms with Crippen LogP contribution in [0.2, 0.25) is 0 Å². The molecule has 1 aliphatic carbocycles. The van der Waals surface area contributed by atoms with Crippen molar-refractivity contribution in [3.05, 3.63) is 45.4 Å². The van der Waals surface area contributed by atoms with E-state index in [1.807, 2.05) is 0 Å². The molecule has 0 radical (unpaired) electrons. The number of hydrogen-bond donors (Lipinski definition) is 1. The van der Waals surface area contributed by atoms with Crippen molar-refractivity contribution in [3.63, 3.8) is 0 Å². The van der Waals surface area contributed by atoms with Crippen LogP contribution in [0.4, 0.5) is 13.2 Å². The summed E-state index contributed by atoms with van der Waals surface area (Å²) in [5, 5.41) is 2.73. The number of nitrogens with one attached hydrogen (secondary N) is 1. The molecule has 1 aliphatic heterocycles. The second-order valence-corrected chi connectivity index (χ2v) is 12.4. The lowest BCUT2D eigenvalue weighted by atomic mass is 9.81. The van der Waals surface area contributed by atoms with E-state index < -0.39 is 21.9 Å². The summed E-state index contributed by atoms with van der Waals surface area (Å²) in [6.45, 7) is 2.45. The van der Waals surface area contributed by atoms with Crippen molar-refractivity contribution < 1.29 is 31.2 Å². The SMILES string of the molecule is CCS(=O)(=O)c1ccc(CNC(=O)c2cc3c(s2)CN(C[C@H]2CC[C@@H](C(F)(F)F)CC2)C3=O)nc1. The van der Waals surface area contributed by atoms with E-state index in [2.05, 4.69) is 10.3 Å². The van der Waals surface area contributed by atoms with E-state index in [-0.39, 0.29) is 47.8 Å². The van der Waals surface area contributed by atoms with Crippen LogP contribution in [0.5, 0.6) is 0 Å². The Kier molecular flexibility index (Phi) is 7.23. The van der Waals surface area contributed by atoms with Crippen molar-refractivity contribution >= 4 is 33.0 Å². The molecule has 0 bridgehead atoms. The molecule has 4 rings (SSSR count). The van der Waals surface area contributed by atoms with Gasteiger partial charge < -0.3 is 10.2 Å². The lowest BCUT2D eigenvalue weighted by molar-refractivity contribution is -0.184. The van der Waals surface area contributed by atoms with Crippen LogP contribution in [-0.2, 0) is 22.9 Å². The number of hydrogen-bond acceptors (Lipinski definition) is 6. The zero-order valence-electron chi connectivity index (χ0n) is 19.1. The van der Waals surface area contributed by atoms with Gasteiger partial charge in [-0.2, -0.15) is 13.2 Å². The molecule has 0 aromatic carbocycles. The molecule has 12 heteroatoms. The number of amides is 2. The minimum absolute atomic E-state index is 0.0247. The molecule has 0 saturated heterocycles. The summed E-state index contributed by atoms with van der Waals surface area (Å²) in [5.74, 6) is -1.76. The number of nitrogens with zero attached hydrogens (tertiary/aromatic N) is 2. The molecule has 7 nitrogen and oxygen atoms in total. The van der Waals surface area contributed by atoms with Gasteiger partial charge in [-0.05, 0) is 49.8 Å². The smallest absolute Gasteiger partial charge is 0.346 e. The average molecular weight is 530 g/mol. The molecule has 2 aromatic heterocycles. The normalized spacial score (nSPS) is 20.7. The van der Waals surface area contributed by atoms with Gasteiger partial charge in [0.25, 0.3) is 11.8 Å². The van der Waals surface area contributed by atoms with E-state index in [0.29, 0.717) is 42.1 Å². The van der Waals surface area contributed by atoms with Crippen LogP contribution >= 0.6 is 11.3 Å². The van der Waals surface area contributed by atoms with Crippen LogP contribution in [0, 0.1) is 11.8 Å². The number of thiophene rings is 1. The van der Waals surface area contributed by atoms with Crippen LogP contribution in [0.15, 0.2) is 29.3 Å². The van der Waals surface area contributed by atoms with Gasteiger partial charge in [0.05, 0.1) is 45.8 Å². The van der Waals surface area contributed by atoms with E-state index in [1.165, 1.54) is 23.6 Å². The van der Waals surface area contributed by atoms with Crippen molar-refractivity contribution in [1.82, 2.24) is 15.2 Å². The molecule has 2 amide bonds. The Bertz CT molecular complexity index is 1200. The van der Waals surface area contributed by atoms with Crippen molar-refractivity contribution in [2.45, 2.75) is 56.8 Å². The first-order valence-corrected chi connectivity index (χ1v) is 13.9. The lowest BCUT2D eigenvalue weighted by Gasteiger charge is -2.32. The van der Waals surface area contributed by atoms with Gasteiger partial charge in [0.2, 0.25) is 0 Å². The van der Waals surface area contributed by atoms with Crippen LogP contribution in [0.25, 0.3) is 0 Å². The van der Waals surface area contributed by atoms with Crippen molar-refractivity contribution in [3.8, 4) is 0 Å². The van der Waals surface area contributed by atoms with E-state index in [1.54, 1.807) is 24.0 Å². The first-order valence-electron chi connectivity index (χ1n) is 11.4. The van der Waals surface area contributed by atoms with Gasteiger partial charge in [-0.3, -0.25) is 14.6 Å². The summed E-state index contributed by atoms with van der Waals surface area (Å²) in [7, 11) is -3.34. The molecule has 190 valence electrons. The number of sulfone groups is 1. The van der Waals surface area contributed by atoms with Crippen LogP contribution in [-0.4, -0.2) is 48.6 Å². The third-order valence-corrected chi connectivity index (χ3v) is 9.48. The minimum Gasteiger partial charge on any atom is -0.346 e. The van der Waals surface area contributed by atoms with E-state index >= 15 is 0 Å². The summed E-state index contributed by atoms with van der Waals surface area (Å²) < 4.78 is 62.4. The van der Waals surface area contributed by atoms with E-state index in [9.17, 15) is 31.2 Å². The van der Waals surface area contributed by atoms with Gasteiger partial charge in [-0.15, -0.1) is 11.3 Å². The largest absolute Gasteiger partial charge is 0.391 e. The molecule has 2 aromatic rings. The number of aromatic nitrogens is 1. The van der Waals surface area contributed by atoms with Gasteiger partial charge in [0.15, 0.2) is 9.84 Å². The van der Waals surface area contributed by atoms with Crippen LogP contribution in [0.3, 0.4) is 0 Å². The topological polar surface area (TPSA) is 96.4 Å². The van der Waals surface area contributed by atoms with Crippen molar-refractivity contribution in [2.75, 3.05) is 12.3 Å². The Morgan fingerprint density at radius 1 is 1.23 bits per heavy atom. The first-order chi connectivity index (χ1) is 16.5. The zero-order valence-corrected chi connectivity index (χ0v) is 20.7. The molecular formula is C23H26F3N3O4S2. The van der Waals surface area contributed by atoms with Gasteiger partial charge in [-0.25, -0.2) is 8.42 Å². The molecule has 1 saturated carbocycles. The molecule has 1 N–H and O–H groups in total. The predicted molar refractivity (Wildman–Crippen MR) is 124 cm³/mol. The minimum atomic E-state index is -4.15. The molecular weight excluding hydrogens is 503 g/mol. The third kappa shape index (κ3) is 5.69. The number of carbonyl (C=O) groups excluding carboxylic acids is 2. The second-order valence-electron chi connectivity index (χ2n) is 8.96. The maximum Gasteiger partial charge on any atom is 0.391 e. The molecule has 3 heterocycles. The molecule has 2 aliphatic rings. The number of alkyl halides is 3. The summed E-state index contributed by atoms with van der Waals surface area (Å²) in [5.41, 5.74) is 0.969. The quantitative estimate of drug-likeness (QED) is 0.580. The van der Waals surface area contributed by atoms with Gasteiger partial charge >= 0.3 is 6.18 Å². The van der Waals surface area contributed by atoms with Crippen molar-refractivity contribution in [1.29, 1.82) is 0 Å². The van der Waals surface area contributed by atoms with Gasteiger partial charge in [0, 0.05) is 17.6 Å². The average Bonchev–Trinajstić information content (AvgIpc) is 3.37. The summed E-state index contributed by atoms with van der Waals surface area (Å²) in [6.07, 6.45) is -1.76. The monoisotopic (exact) mass is 529 g/mol. The highest BCUT2D eigenvalue weighted by Gasteiger charge is 2.42. The fourth-order valence-electron chi connectivity index (χ4n) is 4.51. The zero-order chi connectivity index (χ0) is 25.4. The van der Waals surface area contributed by atoms with E-state index in [4.69, 9.17) is 0 Å². The maximum atomic E-state index is 12.9. The number of fused-ring (bicyclic) bond motifs is 1. The van der Waals surface area contributed by atoms with E-state index in [0.717, 1.165) is 4.88 Å². The molecule has 1 fully saturated rings. The fourth-order valence-corrected chi connectivity index (χ4v) is 6.42. The number of pyridine rings is 1. The molecule has 0 atom stereocenters. The summed E-state index contributed by atoms with van der Waals surface area (Å²) >= 11 is 1.22. The van der Waals surface area contributed by atoms with Crippen molar-refractivity contribution in [2.24, 2.45) is 11.8 Å². The fraction of sp³-hybridized carbons (Fsp3) is 0.522. The number of rotatable bonds is 7. The lowest BCUT2D eigenvalue weighted by Crippen LogP contribution is -2.34. The molecule has 0 unspecified atom stereocenters. The van der Waals surface area contributed by atoms with Gasteiger partial charge in [0.1, 0.15) is 0 Å². The van der Waals surface area contributed by atoms with Crippen LogP contribution in [0.1, 0.15) is 63.2 Å². The summed E-state index contributed by atoms with van der Waals surface area (Å²) in [4.78, 5) is 32.4. The molecule has 0 spiro atoms. The Morgan fingerprint density at radius 2 is 1.94 bits per heavy atom. The Morgan fingerprint density at radius 3 is 2.51 bits per heavy atom. The number of carbonyl (C=O) groups is 2. The molecule has 35 heavy (non-hydrogen) atoms. The Hall–Kier alpha value is -2.47. The van der Waals surface area contributed by atoms with Crippen LogP contribution < -0.4 is 5.32 Å². The van der Waals surface area contributed by atoms with Gasteiger partial charge in [-0.1, -0.05) is 6.92 Å². The highest BCUT2D eigenvalue weighted by molar-refractivity contribution is 7.91.